The van der Waals surface area contributed by atoms with Gasteiger partial charge in [-0.1, -0.05) is 18.2 Å². The van der Waals surface area contributed by atoms with E-state index >= 15 is 0 Å². The first kappa shape index (κ1) is 9.81. The van der Waals surface area contributed by atoms with E-state index in [9.17, 15) is 4.79 Å². The van der Waals surface area contributed by atoms with Crippen molar-refractivity contribution in [2.75, 3.05) is 0 Å². The van der Waals surface area contributed by atoms with Gasteiger partial charge in [-0.05, 0) is 29.1 Å². The molecule has 3 heteroatoms. The molecule has 0 saturated carbocycles. The highest BCUT2D eigenvalue weighted by atomic mass is 35.5. The summed E-state index contributed by atoms with van der Waals surface area (Å²) >= 11 is 4.64. The number of halogens is 1. The van der Waals surface area contributed by atoms with Crippen molar-refractivity contribution in [2.45, 2.75) is 6.92 Å². The van der Waals surface area contributed by atoms with Gasteiger partial charge in [-0.15, -0.1) is 0 Å². The lowest BCUT2D eigenvalue weighted by molar-refractivity contribution is -0.109. The SMILES string of the molecule is CC(=O)Cl.c1ccc2[nH]ccc2c1. The van der Waals surface area contributed by atoms with Crippen LogP contribution in [-0.2, 0) is 4.79 Å². The molecular weight excluding hydrogens is 186 g/mol. The third-order valence-corrected chi connectivity index (χ3v) is 1.46. The molecule has 68 valence electrons. The summed E-state index contributed by atoms with van der Waals surface area (Å²) < 4.78 is 0. The van der Waals surface area contributed by atoms with Crippen molar-refractivity contribution < 1.29 is 4.79 Å². The number of fused-ring (bicyclic) bond motifs is 1. The number of aromatic amines is 1. The van der Waals surface area contributed by atoms with E-state index in [2.05, 4.69) is 34.8 Å². The van der Waals surface area contributed by atoms with Gasteiger partial charge >= 0.3 is 0 Å². The molecular formula is C10H10ClNO. The summed E-state index contributed by atoms with van der Waals surface area (Å²) in [6.07, 6.45) is 1.95. The largest absolute Gasteiger partial charge is 0.361 e. The van der Waals surface area contributed by atoms with Crippen LogP contribution in [0.1, 0.15) is 6.92 Å². The standard InChI is InChI=1S/C8H7N.C2H3ClO/c1-2-4-8-7(3-1)5-6-9-8;1-2(3)4/h1-6,9H;1H3. The lowest BCUT2D eigenvalue weighted by Gasteiger charge is -1.83. The van der Waals surface area contributed by atoms with Crippen molar-refractivity contribution in [3.8, 4) is 0 Å². The van der Waals surface area contributed by atoms with E-state index in [-0.39, 0.29) is 5.24 Å². The quantitative estimate of drug-likeness (QED) is 0.645. The minimum Gasteiger partial charge on any atom is -0.361 e. The first-order valence-corrected chi connectivity index (χ1v) is 4.26. The number of benzene rings is 1. The summed E-state index contributed by atoms with van der Waals surface area (Å²) in [6, 6.07) is 10.3. The molecule has 0 aliphatic heterocycles. The second-order valence-corrected chi connectivity index (χ2v) is 3.07. The van der Waals surface area contributed by atoms with Crippen molar-refractivity contribution in [3.63, 3.8) is 0 Å². The number of hydrogen-bond acceptors (Lipinski definition) is 1. The summed E-state index contributed by atoms with van der Waals surface area (Å²) in [5.41, 5.74) is 1.21. The summed E-state index contributed by atoms with van der Waals surface area (Å²) in [4.78, 5) is 12.3. The Hall–Kier alpha value is -1.28. The number of carbonyl (C=O) groups excluding carboxylic acids is 1. The Balaban J connectivity index is 0.000000184. The normalized spacial score (nSPS) is 9.08. The van der Waals surface area contributed by atoms with Crippen LogP contribution in [0.2, 0.25) is 0 Å². The summed E-state index contributed by atoms with van der Waals surface area (Å²) in [5.74, 6) is 0. The van der Waals surface area contributed by atoms with Crippen molar-refractivity contribution in [3.05, 3.63) is 36.5 Å². The van der Waals surface area contributed by atoms with E-state index in [0.717, 1.165) is 0 Å². The van der Waals surface area contributed by atoms with E-state index in [1.165, 1.54) is 17.8 Å². The maximum Gasteiger partial charge on any atom is 0.218 e. The van der Waals surface area contributed by atoms with Crippen LogP contribution in [0.5, 0.6) is 0 Å². The number of hydrogen-bond donors (Lipinski definition) is 1. The lowest BCUT2D eigenvalue weighted by atomic mass is 10.3. The predicted octanol–water partition coefficient (Wildman–Crippen LogP) is 2.94. The number of nitrogens with one attached hydrogen (secondary N) is 1. The van der Waals surface area contributed by atoms with Gasteiger partial charge in [0, 0.05) is 18.6 Å². The zero-order valence-corrected chi connectivity index (χ0v) is 8.01. The maximum absolute atomic E-state index is 9.21. The van der Waals surface area contributed by atoms with Gasteiger partial charge in [0.05, 0.1) is 0 Å². The number of rotatable bonds is 0. The third-order valence-electron chi connectivity index (χ3n) is 1.46. The highest BCUT2D eigenvalue weighted by Crippen LogP contribution is 2.09. The molecule has 1 aromatic carbocycles. The van der Waals surface area contributed by atoms with Gasteiger partial charge in [-0.2, -0.15) is 0 Å². The molecule has 0 saturated heterocycles. The maximum atomic E-state index is 9.21. The van der Waals surface area contributed by atoms with Gasteiger partial charge in [-0.3, -0.25) is 4.79 Å². The molecule has 0 atom stereocenters. The van der Waals surface area contributed by atoms with Crippen LogP contribution in [0.3, 0.4) is 0 Å². The van der Waals surface area contributed by atoms with Crippen LogP contribution >= 0.6 is 11.6 Å². The molecule has 2 rings (SSSR count). The molecule has 1 aromatic heterocycles. The van der Waals surface area contributed by atoms with Crippen LogP contribution in [0.4, 0.5) is 0 Å². The summed E-state index contributed by atoms with van der Waals surface area (Å²) in [6.45, 7) is 1.29. The second kappa shape index (κ2) is 4.67. The Morgan fingerprint density at radius 2 is 1.92 bits per heavy atom. The predicted molar refractivity (Wildman–Crippen MR) is 54.8 cm³/mol. The smallest absolute Gasteiger partial charge is 0.218 e. The lowest BCUT2D eigenvalue weighted by Crippen LogP contribution is -1.62. The molecule has 0 radical (unpaired) electrons. The average Bonchev–Trinajstić information content (AvgIpc) is 2.49. The number of carbonyl (C=O) groups is 1. The van der Waals surface area contributed by atoms with Gasteiger partial charge < -0.3 is 4.98 Å². The third kappa shape index (κ3) is 3.30. The minimum atomic E-state index is -0.361. The highest BCUT2D eigenvalue weighted by molar-refractivity contribution is 6.62. The van der Waals surface area contributed by atoms with Crippen molar-refractivity contribution in [1.29, 1.82) is 0 Å². The summed E-state index contributed by atoms with van der Waals surface area (Å²) in [5, 5.41) is 0.914. The van der Waals surface area contributed by atoms with Crippen LogP contribution in [0, 0.1) is 0 Å². The van der Waals surface area contributed by atoms with Gasteiger partial charge in [-0.25, -0.2) is 0 Å². The molecule has 0 aliphatic carbocycles. The van der Waals surface area contributed by atoms with E-state index in [1.54, 1.807) is 0 Å². The Morgan fingerprint density at radius 3 is 2.54 bits per heavy atom. The molecule has 0 fully saturated rings. The first-order chi connectivity index (χ1) is 6.20. The average molecular weight is 196 g/mol. The molecule has 13 heavy (non-hydrogen) atoms. The molecule has 0 bridgehead atoms. The highest BCUT2D eigenvalue weighted by Gasteiger charge is 1.86. The van der Waals surface area contributed by atoms with Crippen LogP contribution in [-0.4, -0.2) is 10.2 Å². The monoisotopic (exact) mass is 195 g/mol. The van der Waals surface area contributed by atoms with Crippen LogP contribution < -0.4 is 0 Å². The number of para-hydroxylation sites is 1. The number of aromatic nitrogens is 1. The molecule has 2 nitrogen and oxygen atoms in total. The van der Waals surface area contributed by atoms with Crippen LogP contribution in [0.15, 0.2) is 36.5 Å². The molecule has 1 heterocycles. The molecule has 2 aromatic rings. The van der Waals surface area contributed by atoms with Gasteiger partial charge in [0.25, 0.3) is 0 Å². The van der Waals surface area contributed by atoms with E-state index < -0.39 is 0 Å². The van der Waals surface area contributed by atoms with Gasteiger partial charge in [0.1, 0.15) is 0 Å². The van der Waals surface area contributed by atoms with E-state index in [0.29, 0.717) is 0 Å². The summed E-state index contributed by atoms with van der Waals surface area (Å²) in [7, 11) is 0. The Morgan fingerprint density at radius 1 is 1.31 bits per heavy atom. The Bertz CT molecular complexity index is 360. The van der Waals surface area contributed by atoms with Crippen molar-refractivity contribution >= 4 is 27.7 Å². The molecule has 0 spiro atoms. The zero-order valence-electron chi connectivity index (χ0n) is 7.25. The fourth-order valence-corrected chi connectivity index (χ4v) is 0.995. The molecule has 1 N–H and O–H groups in total. The Kier molecular flexibility index (Phi) is 3.53. The van der Waals surface area contributed by atoms with Gasteiger partial charge in [0.2, 0.25) is 5.24 Å². The van der Waals surface area contributed by atoms with E-state index in [4.69, 9.17) is 0 Å². The molecule has 0 aliphatic rings. The topological polar surface area (TPSA) is 32.9 Å². The Labute approximate surface area is 81.5 Å². The zero-order chi connectivity index (χ0) is 9.68. The number of H-pyrrole nitrogens is 1. The van der Waals surface area contributed by atoms with Crippen molar-refractivity contribution in [2.24, 2.45) is 0 Å². The second-order valence-electron chi connectivity index (χ2n) is 2.54. The van der Waals surface area contributed by atoms with Crippen molar-refractivity contribution in [1.82, 2.24) is 4.98 Å². The minimum absolute atomic E-state index is 0.361. The fraction of sp³-hybridized carbons (Fsp3) is 0.100. The molecule has 0 amide bonds. The molecule has 0 unspecified atom stereocenters. The van der Waals surface area contributed by atoms with E-state index in [1.807, 2.05) is 18.3 Å². The first-order valence-electron chi connectivity index (χ1n) is 3.88. The van der Waals surface area contributed by atoms with Gasteiger partial charge in [0.15, 0.2) is 0 Å². The fourth-order valence-electron chi connectivity index (χ4n) is 0.995. The van der Waals surface area contributed by atoms with Crippen LogP contribution in [0.25, 0.3) is 10.9 Å².